The molecule has 0 unspecified atom stereocenters. The third-order valence-electron chi connectivity index (χ3n) is 3.02. The Kier molecular flexibility index (Phi) is 7.80. The number of benzene rings is 1. The van der Waals surface area contributed by atoms with Crippen LogP contribution < -0.4 is 5.32 Å². The van der Waals surface area contributed by atoms with Crippen LogP contribution in [0.15, 0.2) is 30.3 Å². The second-order valence-corrected chi connectivity index (χ2v) is 4.74. The largest absolute Gasteiger partial charge is 0.383 e. The van der Waals surface area contributed by atoms with E-state index in [4.69, 9.17) is 4.74 Å². The Bertz CT molecular complexity index is 531. The zero-order valence-electron chi connectivity index (χ0n) is 12.8. The standard InChI is InChI=1S/C15H21N3O4/c1-17(11-12-22-2)10-9-16-15(19)8-7-13-5-3-4-6-14(13)18(20)21/h3-8H,9-12H2,1-2H3,(H,16,19)/b8-7+. The Morgan fingerprint density at radius 3 is 2.82 bits per heavy atom. The maximum Gasteiger partial charge on any atom is 0.276 e. The number of nitrogens with one attached hydrogen (secondary N) is 1. The number of ether oxygens (including phenoxy) is 1. The molecule has 1 aromatic rings. The third kappa shape index (κ3) is 6.47. The summed E-state index contributed by atoms with van der Waals surface area (Å²) >= 11 is 0. The van der Waals surface area contributed by atoms with Gasteiger partial charge in [-0.2, -0.15) is 0 Å². The van der Waals surface area contributed by atoms with Gasteiger partial charge in [0.15, 0.2) is 0 Å². The summed E-state index contributed by atoms with van der Waals surface area (Å²) in [5.74, 6) is -0.279. The number of hydrogen-bond donors (Lipinski definition) is 1. The van der Waals surface area contributed by atoms with Gasteiger partial charge < -0.3 is 15.0 Å². The van der Waals surface area contributed by atoms with Gasteiger partial charge in [-0.15, -0.1) is 0 Å². The summed E-state index contributed by atoms with van der Waals surface area (Å²) in [5, 5.41) is 13.6. The highest BCUT2D eigenvalue weighted by atomic mass is 16.6. The Morgan fingerprint density at radius 1 is 1.41 bits per heavy atom. The van der Waals surface area contributed by atoms with E-state index in [1.165, 1.54) is 18.2 Å². The highest BCUT2D eigenvalue weighted by Gasteiger charge is 2.09. The van der Waals surface area contributed by atoms with Crippen molar-refractivity contribution in [3.05, 3.63) is 46.0 Å². The summed E-state index contributed by atoms with van der Waals surface area (Å²) in [4.78, 5) is 24.1. The normalized spacial score (nSPS) is 11.0. The van der Waals surface area contributed by atoms with Crippen LogP contribution in [0, 0.1) is 10.1 Å². The van der Waals surface area contributed by atoms with E-state index in [0.717, 1.165) is 6.54 Å². The number of para-hydroxylation sites is 1. The van der Waals surface area contributed by atoms with Crippen molar-refractivity contribution in [3.8, 4) is 0 Å². The SMILES string of the molecule is COCCN(C)CCNC(=O)/C=C/c1ccccc1[N+](=O)[O-]. The maximum atomic E-state index is 11.7. The Hall–Kier alpha value is -2.25. The van der Waals surface area contributed by atoms with Crippen molar-refractivity contribution in [1.82, 2.24) is 10.2 Å². The van der Waals surface area contributed by atoms with E-state index in [1.807, 2.05) is 11.9 Å². The first-order valence-corrected chi connectivity index (χ1v) is 6.91. The average molecular weight is 307 g/mol. The van der Waals surface area contributed by atoms with Crippen LogP contribution >= 0.6 is 0 Å². The molecule has 1 rings (SSSR count). The lowest BCUT2D eigenvalue weighted by molar-refractivity contribution is -0.385. The van der Waals surface area contributed by atoms with Crippen LogP contribution in [-0.2, 0) is 9.53 Å². The second kappa shape index (κ2) is 9.64. The third-order valence-corrected chi connectivity index (χ3v) is 3.02. The molecule has 0 atom stereocenters. The maximum absolute atomic E-state index is 11.7. The molecular weight excluding hydrogens is 286 g/mol. The molecule has 0 saturated heterocycles. The molecule has 0 aliphatic rings. The number of carbonyl (C=O) groups is 1. The summed E-state index contributed by atoms with van der Waals surface area (Å²) in [6.45, 7) is 2.63. The number of nitro benzene ring substituents is 1. The van der Waals surface area contributed by atoms with Gasteiger partial charge in [-0.25, -0.2) is 0 Å². The minimum Gasteiger partial charge on any atom is -0.383 e. The molecule has 0 aliphatic heterocycles. The molecule has 120 valence electrons. The fraction of sp³-hybridized carbons (Fsp3) is 0.400. The van der Waals surface area contributed by atoms with Crippen LogP contribution in [0.1, 0.15) is 5.56 Å². The fourth-order valence-electron chi connectivity index (χ4n) is 1.75. The molecule has 0 fully saturated rings. The molecule has 7 nitrogen and oxygen atoms in total. The highest BCUT2D eigenvalue weighted by molar-refractivity contribution is 5.92. The van der Waals surface area contributed by atoms with Crippen molar-refractivity contribution in [1.29, 1.82) is 0 Å². The van der Waals surface area contributed by atoms with Gasteiger partial charge in [0, 0.05) is 38.9 Å². The Labute approximate surface area is 129 Å². The lowest BCUT2D eigenvalue weighted by Crippen LogP contribution is -2.33. The molecule has 1 aromatic carbocycles. The molecule has 0 aromatic heterocycles. The van der Waals surface area contributed by atoms with Crippen molar-refractivity contribution >= 4 is 17.7 Å². The monoisotopic (exact) mass is 307 g/mol. The first-order chi connectivity index (χ1) is 10.5. The van der Waals surface area contributed by atoms with Crippen LogP contribution in [-0.4, -0.2) is 56.1 Å². The summed E-state index contributed by atoms with van der Waals surface area (Å²) in [6, 6.07) is 6.28. The van der Waals surface area contributed by atoms with Gasteiger partial charge in [0.2, 0.25) is 5.91 Å². The number of nitro groups is 1. The van der Waals surface area contributed by atoms with Gasteiger partial charge in [-0.05, 0) is 19.2 Å². The van der Waals surface area contributed by atoms with Gasteiger partial charge >= 0.3 is 0 Å². The Morgan fingerprint density at radius 2 is 2.14 bits per heavy atom. The summed E-state index contributed by atoms with van der Waals surface area (Å²) in [5.41, 5.74) is 0.380. The van der Waals surface area contributed by atoms with E-state index in [9.17, 15) is 14.9 Å². The predicted molar refractivity (Wildman–Crippen MR) is 84.5 cm³/mol. The molecule has 1 amide bonds. The zero-order chi connectivity index (χ0) is 16.4. The Balaban J connectivity index is 2.44. The average Bonchev–Trinajstić information content (AvgIpc) is 2.51. The highest BCUT2D eigenvalue weighted by Crippen LogP contribution is 2.18. The van der Waals surface area contributed by atoms with Crippen LogP contribution in [0.3, 0.4) is 0 Å². The number of nitrogens with zero attached hydrogens (tertiary/aromatic N) is 2. The van der Waals surface area contributed by atoms with Crippen LogP contribution in [0.2, 0.25) is 0 Å². The number of amides is 1. The minimum absolute atomic E-state index is 0.0224. The first kappa shape index (κ1) is 17.8. The van der Waals surface area contributed by atoms with E-state index in [2.05, 4.69) is 5.32 Å². The number of carbonyl (C=O) groups excluding carboxylic acids is 1. The van der Waals surface area contributed by atoms with Gasteiger partial charge in [0.1, 0.15) is 0 Å². The number of rotatable bonds is 9. The van der Waals surface area contributed by atoms with Crippen LogP contribution in [0.4, 0.5) is 5.69 Å². The summed E-state index contributed by atoms with van der Waals surface area (Å²) in [7, 11) is 3.58. The van der Waals surface area contributed by atoms with Crippen LogP contribution in [0.5, 0.6) is 0 Å². The van der Waals surface area contributed by atoms with Gasteiger partial charge in [-0.3, -0.25) is 14.9 Å². The van der Waals surface area contributed by atoms with Gasteiger partial charge in [0.25, 0.3) is 5.69 Å². The zero-order valence-corrected chi connectivity index (χ0v) is 12.8. The van der Waals surface area contributed by atoms with Gasteiger partial charge in [0.05, 0.1) is 17.1 Å². The lowest BCUT2D eigenvalue weighted by atomic mass is 10.1. The summed E-state index contributed by atoms with van der Waals surface area (Å²) in [6.07, 6.45) is 2.75. The van der Waals surface area contributed by atoms with E-state index >= 15 is 0 Å². The molecule has 0 radical (unpaired) electrons. The van der Waals surface area contributed by atoms with E-state index in [1.54, 1.807) is 25.3 Å². The lowest BCUT2D eigenvalue weighted by Gasteiger charge is -2.15. The molecular formula is C15H21N3O4. The second-order valence-electron chi connectivity index (χ2n) is 4.74. The molecule has 0 bridgehead atoms. The van der Waals surface area contributed by atoms with Gasteiger partial charge in [-0.1, -0.05) is 12.1 Å². The van der Waals surface area contributed by atoms with Crippen LogP contribution in [0.25, 0.3) is 6.08 Å². The molecule has 22 heavy (non-hydrogen) atoms. The molecule has 7 heteroatoms. The molecule has 0 spiro atoms. The predicted octanol–water partition coefficient (Wildman–Crippen LogP) is 1.30. The van der Waals surface area contributed by atoms with E-state index in [0.29, 0.717) is 25.3 Å². The molecule has 0 saturated carbocycles. The van der Waals surface area contributed by atoms with E-state index in [-0.39, 0.29) is 11.6 Å². The number of likely N-dealkylation sites (N-methyl/N-ethyl adjacent to an activating group) is 1. The summed E-state index contributed by atoms with van der Waals surface area (Å²) < 4.78 is 4.96. The fourth-order valence-corrected chi connectivity index (χ4v) is 1.75. The van der Waals surface area contributed by atoms with E-state index < -0.39 is 4.92 Å². The van der Waals surface area contributed by atoms with Crippen molar-refractivity contribution in [2.24, 2.45) is 0 Å². The number of methoxy groups -OCH3 is 1. The van der Waals surface area contributed by atoms with Crippen molar-refractivity contribution in [3.63, 3.8) is 0 Å². The molecule has 0 aliphatic carbocycles. The van der Waals surface area contributed by atoms with Crippen molar-refractivity contribution < 1.29 is 14.5 Å². The molecule has 0 heterocycles. The smallest absolute Gasteiger partial charge is 0.276 e. The quantitative estimate of drug-likeness (QED) is 0.422. The minimum atomic E-state index is -0.470. The van der Waals surface area contributed by atoms with Crippen molar-refractivity contribution in [2.45, 2.75) is 0 Å². The first-order valence-electron chi connectivity index (χ1n) is 6.91. The molecule has 1 N–H and O–H groups in total. The van der Waals surface area contributed by atoms with Crippen molar-refractivity contribution in [2.75, 3.05) is 40.4 Å². The topological polar surface area (TPSA) is 84.7 Å². The number of hydrogen-bond acceptors (Lipinski definition) is 5.